The maximum atomic E-state index is 13.0. The van der Waals surface area contributed by atoms with Gasteiger partial charge in [0.1, 0.15) is 5.82 Å². The molecule has 0 aliphatic carbocycles. The lowest BCUT2D eigenvalue weighted by Crippen LogP contribution is -2.20. The molecule has 0 atom stereocenters. The highest BCUT2D eigenvalue weighted by molar-refractivity contribution is 5.72. The normalized spacial score (nSPS) is 11.0. The first-order valence-corrected chi connectivity index (χ1v) is 10.3. The molecule has 5 heteroatoms. The van der Waals surface area contributed by atoms with Crippen molar-refractivity contribution in [3.63, 3.8) is 0 Å². The van der Waals surface area contributed by atoms with E-state index in [-0.39, 0.29) is 5.56 Å². The third kappa shape index (κ3) is 4.18. The van der Waals surface area contributed by atoms with Crippen LogP contribution in [0.15, 0.2) is 83.7 Å². The fraction of sp³-hybridized carbons (Fsp3) is 0.111. The van der Waals surface area contributed by atoms with Gasteiger partial charge in [-0.1, -0.05) is 60.7 Å². The molecular formula is C27H24N2O3. The Balaban J connectivity index is 1.87. The highest BCUT2D eigenvalue weighted by atomic mass is 16.5. The van der Waals surface area contributed by atoms with E-state index in [1.807, 2.05) is 103 Å². The number of ether oxygens (including phenoxy) is 2. The average molecular weight is 425 g/mol. The van der Waals surface area contributed by atoms with Gasteiger partial charge < -0.3 is 9.47 Å². The third-order valence-corrected chi connectivity index (χ3v) is 5.27. The molecule has 0 amide bonds. The molecular weight excluding hydrogens is 400 g/mol. The number of rotatable bonds is 6. The van der Waals surface area contributed by atoms with Crippen molar-refractivity contribution in [3.8, 4) is 28.3 Å². The Hall–Kier alpha value is -4.12. The van der Waals surface area contributed by atoms with Crippen molar-refractivity contribution < 1.29 is 9.47 Å². The second-order valence-electron chi connectivity index (χ2n) is 7.22. The second-order valence-corrected chi connectivity index (χ2v) is 7.22. The van der Waals surface area contributed by atoms with Crippen molar-refractivity contribution >= 4 is 12.2 Å². The summed E-state index contributed by atoms with van der Waals surface area (Å²) in [5.41, 5.74) is 3.85. The van der Waals surface area contributed by atoms with Crippen LogP contribution in [-0.4, -0.2) is 23.8 Å². The van der Waals surface area contributed by atoms with Crippen LogP contribution in [0, 0.1) is 6.92 Å². The molecule has 0 radical (unpaired) electrons. The minimum atomic E-state index is -0.257. The predicted octanol–water partition coefficient (Wildman–Crippen LogP) is 5.40. The lowest BCUT2D eigenvalue weighted by atomic mass is 10.1. The van der Waals surface area contributed by atoms with Crippen LogP contribution in [0.4, 0.5) is 0 Å². The largest absolute Gasteiger partial charge is 0.493 e. The quantitative estimate of drug-likeness (QED) is 0.416. The van der Waals surface area contributed by atoms with E-state index >= 15 is 0 Å². The highest BCUT2D eigenvalue weighted by Gasteiger charge is 2.15. The van der Waals surface area contributed by atoms with Crippen molar-refractivity contribution in [3.05, 3.63) is 106 Å². The minimum absolute atomic E-state index is 0.257. The lowest BCUT2D eigenvalue weighted by molar-refractivity contribution is 0.355. The zero-order valence-corrected chi connectivity index (χ0v) is 18.3. The predicted molar refractivity (Wildman–Crippen MR) is 128 cm³/mol. The fourth-order valence-electron chi connectivity index (χ4n) is 3.73. The Labute approximate surface area is 187 Å². The van der Waals surface area contributed by atoms with Crippen LogP contribution in [0.3, 0.4) is 0 Å². The average Bonchev–Trinajstić information content (AvgIpc) is 2.83. The van der Waals surface area contributed by atoms with Gasteiger partial charge in [0.2, 0.25) is 0 Å². The van der Waals surface area contributed by atoms with Crippen molar-refractivity contribution in [2.45, 2.75) is 6.92 Å². The Bertz CT molecular complexity index is 1310. The summed E-state index contributed by atoms with van der Waals surface area (Å²) in [5, 5.41) is 0. The summed E-state index contributed by atoms with van der Waals surface area (Å²) < 4.78 is 12.7. The van der Waals surface area contributed by atoms with E-state index in [1.165, 1.54) is 0 Å². The molecule has 0 spiro atoms. The lowest BCUT2D eigenvalue weighted by Gasteiger charge is -2.17. The number of hydrogen-bond acceptors (Lipinski definition) is 4. The number of nitrogens with zero attached hydrogens (tertiary/aromatic N) is 2. The molecule has 32 heavy (non-hydrogen) atoms. The van der Waals surface area contributed by atoms with Gasteiger partial charge in [0.15, 0.2) is 11.5 Å². The van der Waals surface area contributed by atoms with Crippen LogP contribution in [0.2, 0.25) is 0 Å². The molecule has 0 aliphatic rings. The van der Waals surface area contributed by atoms with Gasteiger partial charge in [-0.25, -0.2) is 0 Å². The van der Waals surface area contributed by atoms with Crippen LogP contribution in [0.5, 0.6) is 11.5 Å². The SMILES string of the molecule is COc1ccc(C=Cc2nc(=O)c(-c3ccccc3)c(C)n2-c2ccccc2)cc1OC. The van der Waals surface area contributed by atoms with E-state index in [0.29, 0.717) is 22.9 Å². The second kappa shape index (κ2) is 9.35. The van der Waals surface area contributed by atoms with Gasteiger partial charge >= 0.3 is 0 Å². The molecule has 0 aliphatic heterocycles. The first-order valence-electron chi connectivity index (χ1n) is 10.3. The van der Waals surface area contributed by atoms with Crippen molar-refractivity contribution in [1.82, 2.24) is 9.55 Å². The molecule has 160 valence electrons. The van der Waals surface area contributed by atoms with E-state index < -0.39 is 0 Å². The van der Waals surface area contributed by atoms with Gasteiger partial charge in [0.05, 0.1) is 19.8 Å². The first-order chi connectivity index (χ1) is 15.6. The van der Waals surface area contributed by atoms with Crippen LogP contribution in [0.25, 0.3) is 29.0 Å². The molecule has 0 unspecified atom stereocenters. The monoisotopic (exact) mass is 424 g/mol. The van der Waals surface area contributed by atoms with Crippen LogP contribution in [0.1, 0.15) is 17.1 Å². The zero-order chi connectivity index (χ0) is 22.5. The molecule has 1 aromatic heterocycles. The number of hydrogen-bond donors (Lipinski definition) is 0. The molecule has 3 aromatic carbocycles. The standard InChI is InChI=1S/C27H24N2O3/c1-19-26(21-10-6-4-7-11-21)27(30)28-25(29(19)22-12-8-5-9-13-22)17-15-20-14-16-23(31-2)24(18-20)32-3/h4-18H,1-3H3. The molecule has 4 aromatic rings. The van der Waals surface area contributed by atoms with Crippen LogP contribution in [-0.2, 0) is 0 Å². The Kier molecular flexibility index (Phi) is 6.17. The van der Waals surface area contributed by atoms with Crippen LogP contribution >= 0.6 is 0 Å². The van der Waals surface area contributed by atoms with Crippen molar-refractivity contribution in [1.29, 1.82) is 0 Å². The Morgan fingerprint density at radius 3 is 2.12 bits per heavy atom. The summed E-state index contributed by atoms with van der Waals surface area (Å²) in [6.07, 6.45) is 3.75. The van der Waals surface area contributed by atoms with Gasteiger partial charge in [0, 0.05) is 11.4 Å². The maximum absolute atomic E-state index is 13.0. The molecule has 0 saturated carbocycles. The molecule has 5 nitrogen and oxygen atoms in total. The molecule has 1 heterocycles. The molecule has 0 N–H and O–H groups in total. The van der Waals surface area contributed by atoms with E-state index in [9.17, 15) is 4.79 Å². The van der Waals surface area contributed by atoms with Crippen molar-refractivity contribution in [2.75, 3.05) is 14.2 Å². The van der Waals surface area contributed by atoms with Gasteiger partial charge in [-0.05, 0) is 48.4 Å². The number of para-hydroxylation sites is 1. The van der Waals surface area contributed by atoms with E-state index in [2.05, 4.69) is 4.98 Å². The van der Waals surface area contributed by atoms with E-state index in [1.54, 1.807) is 14.2 Å². The summed E-state index contributed by atoms with van der Waals surface area (Å²) in [7, 11) is 3.21. The summed E-state index contributed by atoms with van der Waals surface area (Å²) in [6.45, 7) is 1.95. The molecule has 4 rings (SSSR count). The summed E-state index contributed by atoms with van der Waals surface area (Å²) in [4.78, 5) is 17.5. The maximum Gasteiger partial charge on any atom is 0.281 e. The summed E-state index contributed by atoms with van der Waals surface area (Å²) >= 11 is 0. The Morgan fingerprint density at radius 1 is 0.812 bits per heavy atom. The third-order valence-electron chi connectivity index (χ3n) is 5.27. The van der Waals surface area contributed by atoms with Crippen LogP contribution < -0.4 is 15.0 Å². The van der Waals surface area contributed by atoms with Gasteiger partial charge in [-0.15, -0.1) is 0 Å². The smallest absolute Gasteiger partial charge is 0.281 e. The zero-order valence-electron chi connectivity index (χ0n) is 18.3. The minimum Gasteiger partial charge on any atom is -0.493 e. The number of methoxy groups -OCH3 is 2. The first kappa shape index (κ1) is 21.1. The highest BCUT2D eigenvalue weighted by Crippen LogP contribution is 2.29. The van der Waals surface area contributed by atoms with Crippen molar-refractivity contribution in [2.24, 2.45) is 0 Å². The van der Waals surface area contributed by atoms with E-state index in [4.69, 9.17) is 9.47 Å². The topological polar surface area (TPSA) is 53.3 Å². The fourth-order valence-corrected chi connectivity index (χ4v) is 3.73. The number of benzene rings is 3. The molecule has 0 fully saturated rings. The Morgan fingerprint density at radius 2 is 1.47 bits per heavy atom. The molecule has 0 bridgehead atoms. The van der Waals surface area contributed by atoms with Gasteiger partial charge in [0.25, 0.3) is 5.56 Å². The number of aromatic nitrogens is 2. The van der Waals surface area contributed by atoms with Gasteiger partial charge in [-0.2, -0.15) is 4.98 Å². The summed E-state index contributed by atoms with van der Waals surface area (Å²) in [5.74, 6) is 1.85. The van der Waals surface area contributed by atoms with E-state index in [0.717, 1.165) is 22.5 Å². The molecule has 0 saturated heterocycles. The summed E-state index contributed by atoms with van der Waals surface area (Å²) in [6, 6.07) is 25.2. The van der Waals surface area contributed by atoms with Gasteiger partial charge in [-0.3, -0.25) is 9.36 Å².